The minimum atomic E-state index is -0.777. The molecule has 0 bridgehead atoms. The topological polar surface area (TPSA) is 78.9 Å². The van der Waals surface area contributed by atoms with Crippen molar-refractivity contribution in [3.05, 3.63) is 72.9 Å². The predicted molar refractivity (Wildman–Crippen MR) is 261 cm³/mol. The summed E-state index contributed by atoms with van der Waals surface area (Å²) in [4.78, 5) is 37.6. The lowest BCUT2D eigenvalue weighted by Crippen LogP contribution is -2.30. The molecule has 6 nitrogen and oxygen atoms in total. The first-order valence-corrected chi connectivity index (χ1v) is 25.4. The molecule has 0 aliphatic carbocycles. The fourth-order valence-corrected chi connectivity index (χ4v) is 6.87. The Morgan fingerprint density at radius 2 is 0.639 bits per heavy atom. The first-order chi connectivity index (χ1) is 30.0. The highest BCUT2D eigenvalue weighted by Gasteiger charge is 2.19. The van der Waals surface area contributed by atoms with Gasteiger partial charge in [-0.3, -0.25) is 14.4 Å². The second-order valence-corrected chi connectivity index (χ2v) is 16.7. The van der Waals surface area contributed by atoms with Crippen LogP contribution in [0.3, 0.4) is 0 Å². The van der Waals surface area contributed by atoms with Gasteiger partial charge in [0.15, 0.2) is 6.10 Å². The molecule has 0 amide bonds. The van der Waals surface area contributed by atoms with Gasteiger partial charge in [-0.05, 0) is 89.9 Å². The SMILES string of the molecule is CC/C=C\C/C=C\C/C=C\C/C=C\C/C=C\CCCCCCCCCCCC(=O)OCC(COC(=O)CCCCCCC)OC(=O)CCCCCCC/C=C\CCCCCC. The van der Waals surface area contributed by atoms with E-state index in [0.29, 0.717) is 19.3 Å². The van der Waals surface area contributed by atoms with Crippen molar-refractivity contribution in [1.29, 1.82) is 0 Å². The lowest BCUT2D eigenvalue weighted by Gasteiger charge is -2.18. The van der Waals surface area contributed by atoms with Gasteiger partial charge in [0.25, 0.3) is 0 Å². The Hall–Kier alpha value is -3.15. The summed E-state index contributed by atoms with van der Waals surface area (Å²) in [5.74, 6) is -0.910. The molecule has 0 aromatic rings. The van der Waals surface area contributed by atoms with E-state index >= 15 is 0 Å². The minimum Gasteiger partial charge on any atom is -0.462 e. The van der Waals surface area contributed by atoms with E-state index in [1.807, 2.05) is 0 Å². The van der Waals surface area contributed by atoms with Crippen LogP contribution < -0.4 is 0 Å². The van der Waals surface area contributed by atoms with Crippen LogP contribution in [0.15, 0.2) is 72.9 Å². The largest absolute Gasteiger partial charge is 0.462 e. The Morgan fingerprint density at radius 1 is 0.344 bits per heavy atom. The Labute approximate surface area is 376 Å². The van der Waals surface area contributed by atoms with E-state index in [1.54, 1.807) is 0 Å². The summed E-state index contributed by atoms with van der Waals surface area (Å²) in [6.07, 6.45) is 62.1. The maximum absolute atomic E-state index is 12.7. The van der Waals surface area contributed by atoms with Crippen molar-refractivity contribution >= 4 is 17.9 Å². The van der Waals surface area contributed by atoms with Gasteiger partial charge in [0.05, 0.1) is 0 Å². The monoisotopic (exact) mass is 851 g/mol. The molecule has 0 aliphatic rings. The molecule has 0 spiro atoms. The third-order valence-electron chi connectivity index (χ3n) is 10.7. The normalized spacial score (nSPS) is 12.6. The van der Waals surface area contributed by atoms with Crippen LogP contribution in [0.25, 0.3) is 0 Å². The number of carbonyl (C=O) groups is 3. The third kappa shape index (κ3) is 47.7. The summed E-state index contributed by atoms with van der Waals surface area (Å²) < 4.78 is 16.6. The number of unbranched alkanes of at least 4 members (excludes halogenated alkanes) is 22. The van der Waals surface area contributed by atoms with Crippen LogP contribution in [0.4, 0.5) is 0 Å². The summed E-state index contributed by atoms with van der Waals surface area (Å²) in [5.41, 5.74) is 0. The van der Waals surface area contributed by atoms with Gasteiger partial charge >= 0.3 is 17.9 Å². The second-order valence-electron chi connectivity index (χ2n) is 16.7. The summed E-state index contributed by atoms with van der Waals surface area (Å²) >= 11 is 0. The quantitative estimate of drug-likeness (QED) is 0.0263. The molecule has 1 atom stereocenters. The van der Waals surface area contributed by atoms with Gasteiger partial charge in [-0.1, -0.05) is 203 Å². The molecule has 0 saturated heterocycles. The minimum absolute atomic E-state index is 0.0810. The summed E-state index contributed by atoms with van der Waals surface area (Å²) in [6.45, 7) is 6.41. The number of carbonyl (C=O) groups excluding carboxylic acids is 3. The molecule has 0 rings (SSSR count). The van der Waals surface area contributed by atoms with Crippen LogP contribution in [0.2, 0.25) is 0 Å². The molecule has 0 saturated carbocycles. The van der Waals surface area contributed by atoms with Gasteiger partial charge in [0, 0.05) is 19.3 Å². The van der Waals surface area contributed by atoms with Crippen molar-refractivity contribution in [1.82, 2.24) is 0 Å². The van der Waals surface area contributed by atoms with E-state index in [2.05, 4.69) is 93.7 Å². The Morgan fingerprint density at radius 3 is 1.03 bits per heavy atom. The van der Waals surface area contributed by atoms with Crippen molar-refractivity contribution in [3.8, 4) is 0 Å². The van der Waals surface area contributed by atoms with Gasteiger partial charge < -0.3 is 14.2 Å². The van der Waals surface area contributed by atoms with Crippen LogP contribution in [-0.2, 0) is 28.6 Å². The zero-order valence-corrected chi connectivity index (χ0v) is 39.9. The molecule has 0 radical (unpaired) electrons. The number of allylic oxidation sites excluding steroid dienone is 12. The van der Waals surface area contributed by atoms with Gasteiger partial charge in [0.2, 0.25) is 0 Å². The van der Waals surface area contributed by atoms with Gasteiger partial charge in [-0.25, -0.2) is 0 Å². The molecule has 61 heavy (non-hydrogen) atoms. The first-order valence-electron chi connectivity index (χ1n) is 25.4. The maximum Gasteiger partial charge on any atom is 0.306 e. The number of rotatable bonds is 45. The zero-order valence-electron chi connectivity index (χ0n) is 39.9. The Bertz CT molecular complexity index is 1160. The lowest BCUT2D eigenvalue weighted by molar-refractivity contribution is -0.167. The molecule has 350 valence electrons. The molecular formula is C55H94O6. The average molecular weight is 851 g/mol. The molecule has 6 heteroatoms. The van der Waals surface area contributed by atoms with Gasteiger partial charge in [-0.2, -0.15) is 0 Å². The van der Waals surface area contributed by atoms with Gasteiger partial charge in [0.1, 0.15) is 13.2 Å². The van der Waals surface area contributed by atoms with E-state index in [-0.39, 0.29) is 31.1 Å². The van der Waals surface area contributed by atoms with Crippen molar-refractivity contribution < 1.29 is 28.6 Å². The van der Waals surface area contributed by atoms with Crippen LogP contribution in [0.5, 0.6) is 0 Å². The van der Waals surface area contributed by atoms with Crippen molar-refractivity contribution in [2.45, 2.75) is 245 Å². The van der Waals surface area contributed by atoms with E-state index < -0.39 is 6.10 Å². The smallest absolute Gasteiger partial charge is 0.306 e. The molecule has 1 unspecified atom stereocenters. The Kier molecular flexibility index (Phi) is 46.9. The number of ether oxygens (including phenoxy) is 3. The number of hydrogen-bond donors (Lipinski definition) is 0. The second kappa shape index (κ2) is 49.5. The summed E-state index contributed by atoms with van der Waals surface area (Å²) in [5, 5.41) is 0. The average Bonchev–Trinajstić information content (AvgIpc) is 3.26. The molecule has 0 aliphatic heterocycles. The number of hydrogen-bond acceptors (Lipinski definition) is 6. The van der Waals surface area contributed by atoms with Crippen LogP contribution in [0, 0.1) is 0 Å². The lowest BCUT2D eigenvalue weighted by atomic mass is 10.1. The van der Waals surface area contributed by atoms with E-state index in [9.17, 15) is 14.4 Å². The third-order valence-corrected chi connectivity index (χ3v) is 10.7. The zero-order chi connectivity index (χ0) is 44.4. The van der Waals surface area contributed by atoms with E-state index in [1.165, 1.54) is 83.5 Å². The molecule has 0 fully saturated rings. The summed E-state index contributed by atoms with van der Waals surface area (Å²) in [6, 6.07) is 0. The number of esters is 3. The highest BCUT2D eigenvalue weighted by molar-refractivity contribution is 5.71. The molecule has 0 N–H and O–H groups in total. The van der Waals surface area contributed by atoms with Crippen LogP contribution >= 0.6 is 0 Å². The molecule has 0 aromatic heterocycles. The predicted octanol–water partition coefficient (Wildman–Crippen LogP) is 16.6. The fraction of sp³-hybridized carbons (Fsp3) is 0.727. The molecular weight excluding hydrogens is 757 g/mol. The van der Waals surface area contributed by atoms with Gasteiger partial charge in [-0.15, -0.1) is 0 Å². The molecule has 0 heterocycles. The first kappa shape index (κ1) is 57.9. The highest BCUT2D eigenvalue weighted by Crippen LogP contribution is 2.14. The fourth-order valence-electron chi connectivity index (χ4n) is 6.87. The van der Waals surface area contributed by atoms with Crippen molar-refractivity contribution in [2.24, 2.45) is 0 Å². The Balaban J connectivity index is 4.12. The maximum atomic E-state index is 12.7. The van der Waals surface area contributed by atoms with Crippen molar-refractivity contribution in [3.63, 3.8) is 0 Å². The summed E-state index contributed by atoms with van der Waals surface area (Å²) in [7, 11) is 0. The van der Waals surface area contributed by atoms with Crippen LogP contribution in [0.1, 0.15) is 239 Å². The standard InChI is InChI=1S/C55H94O6/c1-4-7-10-13-15-17-19-21-22-23-24-25-26-27-28-29-30-31-32-34-35-37-39-42-45-48-54(57)60-51-52(50-59-53(56)47-44-41-12-9-6-3)61-55(58)49-46-43-40-38-36-33-20-18-16-14-11-8-5-2/h7,10,15,17-18,20-22,24-25,27-28,52H,4-6,8-9,11-14,16,19,23,26,29-51H2,1-3H3/b10-7-,17-15-,20-18-,22-21-,25-24-,28-27-. The van der Waals surface area contributed by atoms with Crippen LogP contribution in [-0.4, -0.2) is 37.2 Å². The van der Waals surface area contributed by atoms with E-state index in [0.717, 1.165) is 116 Å². The molecule has 0 aromatic carbocycles. The highest BCUT2D eigenvalue weighted by atomic mass is 16.6. The van der Waals surface area contributed by atoms with Crippen molar-refractivity contribution in [2.75, 3.05) is 13.2 Å². The van der Waals surface area contributed by atoms with E-state index in [4.69, 9.17) is 14.2 Å².